The van der Waals surface area contributed by atoms with E-state index in [2.05, 4.69) is 4.74 Å². The van der Waals surface area contributed by atoms with E-state index in [1.165, 1.54) is 13.2 Å². The highest BCUT2D eigenvalue weighted by molar-refractivity contribution is 5.72. The number of rotatable bonds is 4. The molecule has 0 radical (unpaired) electrons. The van der Waals surface area contributed by atoms with Crippen LogP contribution >= 0.6 is 0 Å². The molecule has 4 heteroatoms. The molecule has 0 heterocycles. The van der Waals surface area contributed by atoms with E-state index in [9.17, 15) is 9.18 Å². The normalized spacial score (nSPS) is 10.2. The van der Waals surface area contributed by atoms with E-state index in [0.29, 0.717) is 11.1 Å². The first-order valence-corrected chi connectivity index (χ1v) is 5.06. The number of hydrogen-bond acceptors (Lipinski definition) is 3. The van der Waals surface area contributed by atoms with Crippen molar-refractivity contribution in [1.82, 2.24) is 0 Å². The van der Waals surface area contributed by atoms with Gasteiger partial charge in [0.2, 0.25) is 0 Å². The average molecular weight is 233 g/mol. The lowest BCUT2D eigenvalue weighted by atomic mass is 10.1. The van der Waals surface area contributed by atoms with Crippen LogP contribution in [0.2, 0.25) is 0 Å². The van der Waals surface area contributed by atoms with E-state index in [4.69, 9.17) is 5.26 Å². The van der Waals surface area contributed by atoms with Crippen molar-refractivity contribution in [3.05, 3.63) is 41.2 Å². The van der Waals surface area contributed by atoms with Crippen LogP contribution in [-0.4, -0.2) is 13.1 Å². The number of carbonyl (C=O) groups excluding carboxylic acids is 1. The molecule has 17 heavy (non-hydrogen) atoms. The third-order valence-corrected chi connectivity index (χ3v) is 2.17. The lowest BCUT2D eigenvalue weighted by molar-refractivity contribution is -0.139. The van der Waals surface area contributed by atoms with Crippen LogP contribution in [0, 0.1) is 17.1 Å². The summed E-state index contributed by atoms with van der Waals surface area (Å²) >= 11 is 0. The van der Waals surface area contributed by atoms with Gasteiger partial charge >= 0.3 is 5.97 Å². The summed E-state index contributed by atoms with van der Waals surface area (Å²) in [5.74, 6) is -0.755. The second-order valence-corrected chi connectivity index (χ2v) is 3.37. The van der Waals surface area contributed by atoms with Crippen molar-refractivity contribution in [1.29, 1.82) is 5.26 Å². The van der Waals surface area contributed by atoms with Gasteiger partial charge in [0.1, 0.15) is 5.82 Å². The van der Waals surface area contributed by atoms with Gasteiger partial charge in [-0.25, -0.2) is 4.39 Å². The molecule has 1 aromatic carbocycles. The molecule has 88 valence electrons. The van der Waals surface area contributed by atoms with Gasteiger partial charge < -0.3 is 4.74 Å². The zero-order chi connectivity index (χ0) is 12.7. The number of nitriles is 1. The molecule has 0 saturated heterocycles. The number of halogens is 1. The SMILES string of the molecule is COC(=O)CC=Cc1ccc(CC#N)c(F)c1. The molecule has 0 aliphatic carbocycles. The van der Waals surface area contributed by atoms with Gasteiger partial charge in [0.25, 0.3) is 0 Å². The van der Waals surface area contributed by atoms with Gasteiger partial charge in [0.05, 0.1) is 26.0 Å². The number of ether oxygens (including phenoxy) is 1. The Hall–Kier alpha value is -2.15. The summed E-state index contributed by atoms with van der Waals surface area (Å²) in [6.45, 7) is 0. The van der Waals surface area contributed by atoms with Crippen molar-refractivity contribution in [3.63, 3.8) is 0 Å². The van der Waals surface area contributed by atoms with Gasteiger partial charge in [0.15, 0.2) is 0 Å². The average Bonchev–Trinajstić information content (AvgIpc) is 2.32. The van der Waals surface area contributed by atoms with Gasteiger partial charge in [-0.3, -0.25) is 4.79 Å². The van der Waals surface area contributed by atoms with Gasteiger partial charge in [0, 0.05) is 5.56 Å². The van der Waals surface area contributed by atoms with Crippen LogP contribution in [-0.2, 0) is 16.0 Å². The molecule has 0 bridgehead atoms. The van der Waals surface area contributed by atoms with Gasteiger partial charge in [-0.2, -0.15) is 5.26 Å². The standard InChI is InChI=1S/C13H12FNO2/c1-17-13(16)4-2-3-10-5-6-11(7-8-15)12(14)9-10/h2-3,5-6,9H,4,7H2,1H3. The first kappa shape index (κ1) is 12.9. The van der Waals surface area contributed by atoms with E-state index in [1.807, 2.05) is 6.07 Å². The number of methoxy groups -OCH3 is 1. The van der Waals surface area contributed by atoms with Crippen molar-refractivity contribution < 1.29 is 13.9 Å². The number of esters is 1. The van der Waals surface area contributed by atoms with Gasteiger partial charge in [-0.1, -0.05) is 24.3 Å². The highest BCUT2D eigenvalue weighted by Gasteiger charge is 2.01. The second-order valence-electron chi connectivity index (χ2n) is 3.37. The van der Waals surface area contributed by atoms with E-state index in [1.54, 1.807) is 24.3 Å². The smallest absolute Gasteiger partial charge is 0.309 e. The topological polar surface area (TPSA) is 50.1 Å². The molecular formula is C13H12FNO2. The molecule has 0 spiro atoms. The van der Waals surface area contributed by atoms with Crippen molar-refractivity contribution >= 4 is 12.0 Å². The Bertz CT molecular complexity index is 475. The van der Waals surface area contributed by atoms with Crippen LogP contribution in [0.1, 0.15) is 17.5 Å². The Balaban J connectivity index is 2.71. The predicted octanol–water partition coefficient (Wildman–Crippen LogP) is 2.47. The Morgan fingerprint density at radius 3 is 2.94 bits per heavy atom. The van der Waals surface area contributed by atoms with Crippen molar-refractivity contribution in [2.24, 2.45) is 0 Å². The fourth-order valence-corrected chi connectivity index (χ4v) is 1.27. The van der Waals surface area contributed by atoms with Crippen molar-refractivity contribution in [2.45, 2.75) is 12.8 Å². The van der Waals surface area contributed by atoms with Crippen LogP contribution < -0.4 is 0 Å². The maximum Gasteiger partial charge on any atom is 0.309 e. The molecule has 0 amide bonds. The molecular weight excluding hydrogens is 221 g/mol. The number of hydrogen-bond donors (Lipinski definition) is 0. The van der Waals surface area contributed by atoms with Crippen LogP contribution in [0.4, 0.5) is 4.39 Å². The Morgan fingerprint density at radius 1 is 1.59 bits per heavy atom. The molecule has 0 aromatic heterocycles. The lowest BCUT2D eigenvalue weighted by Gasteiger charge is -1.99. The first-order valence-electron chi connectivity index (χ1n) is 5.06. The zero-order valence-electron chi connectivity index (χ0n) is 9.44. The quantitative estimate of drug-likeness (QED) is 0.750. The summed E-state index contributed by atoms with van der Waals surface area (Å²) in [4.78, 5) is 10.8. The molecule has 1 aromatic rings. The third kappa shape index (κ3) is 4.07. The summed E-state index contributed by atoms with van der Waals surface area (Å²) in [6.07, 6.45) is 3.44. The van der Waals surface area contributed by atoms with Gasteiger partial charge in [-0.15, -0.1) is 0 Å². The summed E-state index contributed by atoms with van der Waals surface area (Å²) in [5, 5.41) is 8.46. The molecule has 3 nitrogen and oxygen atoms in total. The fourth-order valence-electron chi connectivity index (χ4n) is 1.27. The molecule has 0 saturated carbocycles. The van der Waals surface area contributed by atoms with Gasteiger partial charge in [-0.05, 0) is 11.6 Å². The third-order valence-electron chi connectivity index (χ3n) is 2.17. The minimum absolute atomic E-state index is 0.0536. The van der Waals surface area contributed by atoms with Crippen LogP contribution in [0.3, 0.4) is 0 Å². The predicted molar refractivity (Wildman–Crippen MR) is 61.4 cm³/mol. The molecule has 0 unspecified atom stereocenters. The first-order chi connectivity index (χ1) is 8.17. The number of carbonyl (C=O) groups is 1. The summed E-state index contributed by atoms with van der Waals surface area (Å²) < 4.78 is 17.9. The Morgan fingerprint density at radius 2 is 2.35 bits per heavy atom. The van der Waals surface area contributed by atoms with E-state index >= 15 is 0 Å². The molecule has 0 atom stereocenters. The number of nitrogens with zero attached hydrogens (tertiary/aromatic N) is 1. The van der Waals surface area contributed by atoms with Crippen molar-refractivity contribution in [2.75, 3.05) is 7.11 Å². The van der Waals surface area contributed by atoms with Crippen molar-refractivity contribution in [3.8, 4) is 6.07 Å². The number of benzene rings is 1. The molecule has 1 rings (SSSR count). The van der Waals surface area contributed by atoms with Crippen LogP contribution in [0.5, 0.6) is 0 Å². The maximum absolute atomic E-state index is 13.4. The molecule has 0 aliphatic heterocycles. The maximum atomic E-state index is 13.4. The van der Waals surface area contributed by atoms with Crippen LogP contribution in [0.25, 0.3) is 6.08 Å². The van der Waals surface area contributed by atoms with E-state index in [0.717, 1.165) is 0 Å². The minimum Gasteiger partial charge on any atom is -0.469 e. The largest absolute Gasteiger partial charge is 0.469 e. The Labute approximate surface area is 99.1 Å². The summed E-state index contributed by atoms with van der Waals surface area (Å²) in [5.41, 5.74) is 1.02. The summed E-state index contributed by atoms with van der Waals surface area (Å²) in [6, 6.07) is 6.49. The Kier molecular flexibility index (Phi) is 4.89. The molecule has 0 aliphatic rings. The lowest BCUT2D eigenvalue weighted by Crippen LogP contribution is -1.96. The fraction of sp³-hybridized carbons (Fsp3) is 0.231. The minimum atomic E-state index is -0.410. The zero-order valence-corrected chi connectivity index (χ0v) is 9.44. The highest BCUT2D eigenvalue weighted by atomic mass is 19.1. The van der Waals surface area contributed by atoms with E-state index < -0.39 is 5.82 Å². The second kappa shape index (κ2) is 6.44. The summed E-state index contributed by atoms with van der Waals surface area (Å²) in [7, 11) is 1.31. The van der Waals surface area contributed by atoms with E-state index in [-0.39, 0.29) is 18.8 Å². The monoisotopic (exact) mass is 233 g/mol. The van der Waals surface area contributed by atoms with Crippen LogP contribution in [0.15, 0.2) is 24.3 Å². The highest BCUT2D eigenvalue weighted by Crippen LogP contribution is 2.12. The molecule has 0 N–H and O–H groups in total. The molecule has 0 fully saturated rings.